The maximum atomic E-state index is 12.2. The normalized spacial score (nSPS) is 32.6. The average Bonchev–Trinajstić information content (AvgIpc) is 2.92. The number of rotatable bonds is 1. The van der Waals surface area contributed by atoms with Crippen molar-refractivity contribution in [2.24, 2.45) is 0 Å². The molecule has 1 spiro atoms. The molecule has 0 bridgehead atoms. The Morgan fingerprint density at radius 3 is 2.71 bits per heavy atom. The molecule has 1 aromatic carbocycles. The molecule has 0 unspecified atom stereocenters. The van der Waals surface area contributed by atoms with Crippen LogP contribution in [0.5, 0.6) is 0 Å². The number of likely N-dealkylation sites (tertiary alicyclic amines) is 1. The van der Waals surface area contributed by atoms with E-state index in [1.807, 2.05) is 18.0 Å². The summed E-state index contributed by atoms with van der Waals surface area (Å²) in [5.41, 5.74) is 1.03. The molecule has 3 rings (SSSR count). The van der Waals surface area contributed by atoms with Gasteiger partial charge in [-0.25, -0.2) is 0 Å². The second-order valence-electron chi connectivity index (χ2n) is 5.21. The third-order valence-electron chi connectivity index (χ3n) is 4.14. The minimum atomic E-state index is -0.269. The highest BCUT2D eigenvalue weighted by Crippen LogP contribution is 2.38. The van der Waals surface area contributed by atoms with Gasteiger partial charge in [-0.3, -0.25) is 10.1 Å². The largest absolute Gasteiger partial charge is 0.344 e. The Labute approximate surface area is 102 Å². The molecule has 2 aliphatic heterocycles. The first-order valence-electron chi connectivity index (χ1n) is 6.29. The minimum Gasteiger partial charge on any atom is -0.344 e. The Balaban J connectivity index is 1.81. The molecule has 2 atom stereocenters. The number of hydrogen-bond acceptors (Lipinski definition) is 2. The van der Waals surface area contributed by atoms with E-state index in [0.29, 0.717) is 6.04 Å². The Kier molecular flexibility index (Phi) is 2.44. The summed E-state index contributed by atoms with van der Waals surface area (Å²) in [6.45, 7) is 0.882. The maximum Gasteiger partial charge on any atom is 0.242 e. The number of hydrogen-bond donors (Lipinski definition) is 1. The average molecular weight is 230 g/mol. The van der Waals surface area contributed by atoms with Crippen LogP contribution < -0.4 is 5.32 Å². The highest BCUT2D eigenvalue weighted by molar-refractivity contribution is 5.88. The summed E-state index contributed by atoms with van der Waals surface area (Å²) < 4.78 is 0. The topological polar surface area (TPSA) is 32.3 Å². The van der Waals surface area contributed by atoms with Crippen LogP contribution in [0.4, 0.5) is 0 Å². The fraction of sp³-hybridized carbons (Fsp3) is 0.500. The van der Waals surface area contributed by atoms with Crippen LogP contribution in [-0.4, -0.2) is 29.9 Å². The third-order valence-corrected chi connectivity index (χ3v) is 4.14. The zero-order chi connectivity index (χ0) is 11.9. The number of benzene rings is 1. The number of carbonyl (C=O) groups is 1. The molecule has 0 radical (unpaired) electrons. The fourth-order valence-corrected chi connectivity index (χ4v) is 3.10. The molecule has 2 heterocycles. The zero-order valence-electron chi connectivity index (χ0n) is 10.1. The van der Waals surface area contributed by atoms with Crippen molar-refractivity contribution in [1.29, 1.82) is 0 Å². The van der Waals surface area contributed by atoms with Crippen molar-refractivity contribution >= 4 is 5.91 Å². The smallest absolute Gasteiger partial charge is 0.242 e. The van der Waals surface area contributed by atoms with E-state index in [9.17, 15) is 4.79 Å². The van der Waals surface area contributed by atoms with Gasteiger partial charge in [-0.05, 0) is 24.8 Å². The van der Waals surface area contributed by atoms with Gasteiger partial charge in [-0.15, -0.1) is 0 Å². The van der Waals surface area contributed by atoms with Gasteiger partial charge in [-0.2, -0.15) is 0 Å². The van der Waals surface area contributed by atoms with Crippen LogP contribution in [0.2, 0.25) is 0 Å². The number of likely N-dealkylation sites (N-methyl/N-ethyl adjacent to an activating group) is 1. The second-order valence-corrected chi connectivity index (χ2v) is 5.21. The Morgan fingerprint density at radius 1 is 1.29 bits per heavy atom. The van der Waals surface area contributed by atoms with Crippen LogP contribution in [0.1, 0.15) is 30.9 Å². The molecule has 0 aromatic heterocycles. The molecule has 0 aliphatic carbocycles. The van der Waals surface area contributed by atoms with Gasteiger partial charge in [0.2, 0.25) is 5.91 Å². The quantitative estimate of drug-likeness (QED) is 0.796. The predicted octanol–water partition coefficient (Wildman–Crippen LogP) is 1.71. The van der Waals surface area contributed by atoms with Crippen LogP contribution in [0, 0.1) is 0 Å². The van der Waals surface area contributed by atoms with Gasteiger partial charge >= 0.3 is 0 Å². The number of nitrogens with one attached hydrogen (secondary N) is 1. The lowest BCUT2D eigenvalue weighted by atomic mass is 9.96. The number of carbonyl (C=O) groups excluding carboxylic acids is 1. The van der Waals surface area contributed by atoms with Crippen molar-refractivity contribution in [2.45, 2.75) is 30.8 Å². The molecular weight excluding hydrogens is 212 g/mol. The highest BCUT2D eigenvalue weighted by atomic mass is 16.2. The number of amides is 1. The molecule has 3 nitrogen and oxygen atoms in total. The first kappa shape index (κ1) is 10.8. The van der Waals surface area contributed by atoms with Gasteiger partial charge in [0.1, 0.15) is 5.54 Å². The lowest BCUT2D eigenvalue weighted by Gasteiger charge is -2.23. The first-order valence-corrected chi connectivity index (χ1v) is 6.29. The van der Waals surface area contributed by atoms with Crippen molar-refractivity contribution in [1.82, 2.24) is 10.2 Å². The van der Waals surface area contributed by atoms with Gasteiger partial charge in [0.15, 0.2) is 0 Å². The second kappa shape index (κ2) is 3.84. The Hall–Kier alpha value is -1.35. The molecule has 3 heteroatoms. The van der Waals surface area contributed by atoms with Crippen LogP contribution >= 0.6 is 0 Å². The third kappa shape index (κ3) is 1.65. The summed E-state index contributed by atoms with van der Waals surface area (Å²) in [5, 5.41) is 3.57. The van der Waals surface area contributed by atoms with E-state index < -0.39 is 0 Å². The molecule has 2 aliphatic rings. The van der Waals surface area contributed by atoms with Crippen LogP contribution in [0.25, 0.3) is 0 Å². The fourth-order valence-electron chi connectivity index (χ4n) is 3.10. The Bertz CT molecular complexity index is 431. The van der Waals surface area contributed by atoms with Crippen molar-refractivity contribution in [2.75, 3.05) is 13.6 Å². The molecule has 1 N–H and O–H groups in total. The summed E-state index contributed by atoms with van der Waals surface area (Å²) in [6.07, 6.45) is 2.98. The molecule has 17 heavy (non-hydrogen) atoms. The summed E-state index contributed by atoms with van der Waals surface area (Å²) in [6, 6.07) is 10.8. The summed E-state index contributed by atoms with van der Waals surface area (Å²) in [7, 11) is 1.90. The maximum absolute atomic E-state index is 12.2. The predicted molar refractivity (Wildman–Crippen MR) is 66.5 cm³/mol. The van der Waals surface area contributed by atoms with Crippen LogP contribution in [-0.2, 0) is 4.79 Å². The summed E-state index contributed by atoms with van der Waals surface area (Å²) in [4.78, 5) is 14.0. The monoisotopic (exact) mass is 230 g/mol. The van der Waals surface area contributed by atoms with E-state index in [-0.39, 0.29) is 11.4 Å². The van der Waals surface area contributed by atoms with Crippen molar-refractivity contribution in [3.8, 4) is 0 Å². The summed E-state index contributed by atoms with van der Waals surface area (Å²) in [5.74, 6) is 0.274. The lowest BCUT2D eigenvalue weighted by molar-refractivity contribution is -0.131. The van der Waals surface area contributed by atoms with Crippen LogP contribution in [0.3, 0.4) is 0 Å². The highest BCUT2D eigenvalue weighted by Gasteiger charge is 2.49. The van der Waals surface area contributed by atoms with Gasteiger partial charge in [-0.1, -0.05) is 30.3 Å². The van der Waals surface area contributed by atoms with Gasteiger partial charge in [0.05, 0.1) is 0 Å². The van der Waals surface area contributed by atoms with Crippen molar-refractivity contribution in [3.05, 3.63) is 35.9 Å². The van der Waals surface area contributed by atoms with E-state index >= 15 is 0 Å². The van der Waals surface area contributed by atoms with Crippen molar-refractivity contribution in [3.63, 3.8) is 0 Å². The standard InChI is InChI=1S/C14H18N2O/c1-16-10-9-14(13(16)17)8-7-12(15-14)11-5-3-2-4-6-11/h2-6,12,15H,7-10H2,1H3/t12-,14-/m1/s1. The molecule has 90 valence electrons. The Morgan fingerprint density at radius 2 is 2.06 bits per heavy atom. The zero-order valence-corrected chi connectivity index (χ0v) is 10.1. The molecule has 2 saturated heterocycles. The molecule has 2 fully saturated rings. The van der Waals surface area contributed by atoms with Crippen LogP contribution in [0.15, 0.2) is 30.3 Å². The van der Waals surface area contributed by atoms with E-state index in [1.165, 1.54) is 5.56 Å². The van der Waals surface area contributed by atoms with Gasteiger partial charge in [0, 0.05) is 19.6 Å². The van der Waals surface area contributed by atoms with Gasteiger partial charge in [0.25, 0.3) is 0 Å². The molecular formula is C14H18N2O. The van der Waals surface area contributed by atoms with E-state index in [0.717, 1.165) is 25.8 Å². The van der Waals surface area contributed by atoms with Crippen molar-refractivity contribution < 1.29 is 4.79 Å². The lowest BCUT2D eigenvalue weighted by Crippen LogP contribution is -2.47. The van der Waals surface area contributed by atoms with Gasteiger partial charge < -0.3 is 4.90 Å². The van der Waals surface area contributed by atoms with E-state index in [1.54, 1.807) is 0 Å². The molecule has 1 amide bonds. The van der Waals surface area contributed by atoms with E-state index in [4.69, 9.17) is 0 Å². The SMILES string of the molecule is CN1CC[C@]2(CC[C@H](c3ccccc3)N2)C1=O. The molecule has 1 aromatic rings. The van der Waals surface area contributed by atoms with E-state index in [2.05, 4.69) is 29.6 Å². The number of nitrogens with zero attached hydrogens (tertiary/aromatic N) is 1. The molecule has 0 saturated carbocycles. The summed E-state index contributed by atoms with van der Waals surface area (Å²) >= 11 is 0. The minimum absolute atomic E-state index is 0.269. The first-order chi connectivity index (χ1) is 8.21.